The average molecular weight is 298 g/mol. The lowest BCUT2D eigenvalue weighted by Gasteiger charge is -2.06. The van der Waals surface area contributed by atoms with E-state index in [4.69, 9.17) is 4.42 Å². The van der Waals surface area contributed by atoms with Crippen LogP contribution in [-0.2, 0) is 14.6 Å². The highest BCUT2D eigenvalue weighted by atomic mass is 32.2. The van der Waals surface area contributed by atoms with Crippen molar-refractivity contribution in [2.75, 3.05) is 11.5 Å². The highest BCUT2D eigenvalue weighted by molar-refractivity contribution is 7.91. The lowest BCUT2D eigenvalue weighted by Crippen LogP contribution is -2.28. The molecule has 110 valence electrons. The van der Waals surface area contributed by atoms with Crippen LogP contribution in [0.4, 0.5) is 0 Å². The molecule has 0 saturated carbocycles. The molecule has 1 aliphatic rings. The standard InChI is InChI=1S/C13H18N2O4S/c1-8-6-12(10(3)19-8)9(2)14-15-13(16)11-4-5-20(17,18)7-11/h6,11H,4-5,7H2,1-3H3,(H,15,16)/b14-9-/t11-/m1/s1. The van der Waals surface area contributed by atoms with Crippen molar-refractivity contribution in [2.24, 2.45) is 11.0 Å². The van der Waals surface area contributed by atoms with Crippen LogP contribution < -0.4 is 5.43 Å². The van der Waals surface area contributed by atoms with E-state index in [1.807, 2.05) is 19.9 Å². The lowest BCUT2D eigenvalue weighted by atomic mass is 10.1. The number of nitrogens with zero attached hydrogens (tertiary/aromatic N) is 1. The van der Waals surface area contributed by atoms with Gasteiger partial charge in [-0.2, -0.15) is 5.10 Å². The highest BCUT2D eigenvalue weighted by Crippen LogP contribution is 2.18. The first-order valence-electron chi connectivity index (χ1n) is 6.40. The summed E-state index contributed by atoms with van der Waals surface area (Å²) in [6, 6.07) is 1.85. The van der Waals surface area contributed by atoms with E-state index in [0.717, 1.165) is 17.1 Å². The number of sulfone groups is 1. The Labute approximate surface area is 118 Å². The van der Waals surface area contributed by atoms with Gasteiger partial charge in [0.1, 0.15) is 11.5 Å². The van der Waals surface area contributed by atoms with Crippen molar-refractivity contribution >= 4 is 21.5 Å². The summed E-state index contributed by atoms with van der Waals surface area (Å²) in [5, 5.41) is 4.02. The van der Waals surface area contributed by atoms with Crippen LogP contribution in [0.15, 0.2) is 15.6 Å². The van der Waals surface area contributed by atoms with E-state index in [0.29, 0.717) is 12.1 Å². The topological polar surface area (TPSA) is 88.7 Å². The maximum atomic E-state index is 11.9. The van der Waals surface area contributed by atoms with E-state index >= 15 is 0 Å². The van der Waals surface area contributed by atoms with Crippen LogP contribution in [-0.4, -0.2) is 31.5 Å². The van der Waals surface area contributed by atoms with Gasteiger partial charge in [0.25, 0.3) is 0 Å². The Morgan fingerprint density at radius 1 is 1.45 bits per heavy atom. The number of rotatable bonds is 3. The molecule has 0 bridgehead atoms. The van der Waals surface area contributed by atoms with Gasteiger partial charge >= 0.3 is 0 Å². The predicted molar refractivity (Wildman–Crippen MR) is 75.3 cm³/mol. The van der Waals surface area contributed by atoms with Crippen LogP contribution in [0.3, 0.4) is 0 Å². The Morgan fingerprint density at radius 2 is 2.15 bits per heavy atom. The molecular weight excluding hydrogens is 280 g/mol. The van der Waals surface area contributed by atoms with E-state index in [-0.39, 0.29) is 17.4 Å². The quantitative estimate of drug-likeness (QED) is 0.670. The number of carbonyl (C=O) groups excluding carboxylic acids is 1. The average Bonchev–Trinajstić information content (AvgIpc) is 2.88. The molecule has 1 amide bonds. The lowest BCUT2D eigenvalue weighted by molar-refractivity contribution is -0.124. The largest absolute Gasteiger partial charge is 0.466 e. The number of hydrazone groups is 1. The zero-order valence-electron chi connectivity index (χ0n) is 11.8. The molecule has 1 aromatic heterocycles. The van der Waals surface area contributed by atoms with Crippen molar-refractivity contribution in [3.63, 3.8) is 0 Å². The fraction of sp³-hybridized carbons (Fsp3) is 0.538. The van der Waals surface area contributed by atoms with Gasteiger partial charge in [0, 0.05) is 5.56 Å². The van der Waals surface area contributed by atoms with Crippen LogP contribution in [0.1, 0.15) is 30.4 Å². The second kappa shape index (κ2) is 5.40. The number of hydrogen-bond donors (Lipinski definition) is 1. The Hall–Kier alpha value is -1.63. The van der Waals surface area contributed by atoms with Crippen LogP contribution in [0.25, 0.3) is 0 Å². The van der Waals surface area contributed by atoms with Crippen molar-refractivity contribution in [3.05, 3.63) is 23.2 Å². The van der Waals surface area contributed by atoms with Gasteiger partial charge < -0.3 is 4.42 Å². The van der Waals surface area contributed by atoms with Crippen LogP contribution in [0.5, 0.6) is 0 Å². The summed E-state index contributed by atoms with van der Waals surface area (Å²) in [6.07, 6.45) is 0.368. The van der Waals surface area contributed by atoms with Crippen LogP contribution >= 0.6 is 0 Å². The fourth-order valence-electron chi connectivity index (χ4n) is 2.28. The zero-order valence-corrected chi connectivity index (χ0v) is 12.6. The number of furan rings is 1. The Kier molecular flexibility index (Phi) is 3.99. The molecule has 1 aliphatic heterocycles. The van der Waals surface area contributed by atoms with Gasteiger partial charge in [-0.1, -0.05) is 0 Å². The Morgan fingerprint density at radius 3 is 2.65 bits per heavy atom. The third-order valence-electron chi connectivity index (χ3n) is 3.37. The molecule has 2 heterocycles. The predicted octanol–water partition coefficient (Wildman–Crippen LogP) is 1.17. The summed E-state index contributed by atoms with van der Waals surface area (Å²) in [7, 11) is -3.06. The number of amides is 1. The monoisotopic (exact) mass is 298 g/mol. The summed E-state index contributed by atoms with van der Waals surface area (Å²) >= 11 is 0. The fourth-order valence-corrected chi connectivity index (χ4v) is 4.02. The first-order valence-corrected chi connectivity index (χ1v) is 8.22. The number of hydrogen-bond acceptors (Lipinski definition) is 5. The zero-order chi connectivity index (χ0) is 14.9. The summed E-state index contributed by atoms with van der Waals surface area (Å²) in [5.74, 6) is 0.666. The molecule has 0 spiro atoms. The van der Waals surface area contributed by atoms with Gasteiger partial charge in [0.05, 0.1) is 23.1 Å². The second-order valence-electron chi connectivity index (χ2n) is 5.10. The molecule has 6 nitrogen and oxygen atoms in total. The Balaban J connectivity index is 2.02. The third-order valence-corrected chi connectivity index (χ3v) is 5.14. The smallest absolute Gasteiger partial charge is 0.244 e. The summed E-state index contributed by atoms with van der Waals surface area (Å²) in [6.45, 7) is 5.43. The molecule has 1 aromatic rings. The minimum absolute atomic E-state index is 0.0772. The highest BCUT2D eigenvalue weighted by Gasteiger charge is 2.32. The number of aryl methyl sites for hydroxylation is 2. The summed E-state index contributed by atoms with van der Waals surface area (Å²) in [4.78, 5) is 11.9. The van der Waals surface area contributed by atoms with Gasteiger partial charge in [-0.25, -0.2) is 13.8 Å². The van der Waals surface area contributed by atoms with Gasteiger partial charge in [-0.05, 0) is 33.3 Å². The van der Waals surface area contributed by atoms with E-state index < -0.39 is 15.8 Å². The molecule has 0 aromatic carbocycles. The molecule has 1 N–H and O–H groups in total. The van der Waals surface area contributed by atoms with Crippen molar-refractivity contribution in [2.45, 2.75) is 27.2 Å². The normalized spacial score (nSPS) is 21.9. The minimum atomic E-state index is -3.06. The minimum Gasteiger partial charge on any atom is -0.466 e. The van der Waals surface area contributed by atoms with Gasteiger partial charge in [-0.3, -0.25) is 4.79 Å². The molecule has 2 rings (SSSR count). The summed E-state index contributed by atoms with van der Waals surface area (Å²) in [5.41, 5.74) is 3.91. The van der Waals surface area contributed by atoms with E-state index in [9.17, 15) is 13.2 Å². The van der Waals surface area contributed by atoms with Crippen molar-refractivity contribution in [1.29, 1.82) is 0 Å². The third kappa shape index (κ3) is 3.27. The molecule has 1 fully saturated rings. The van der Waals surface area contributed by atoms with Crippen molar-refractivity contribution in [3.8, 4) is 0 Å². The molecule has 1 saturated heterocycles. The number of nitrogens with one attached hydrogen (secondary N) is 1. The molecule has 0 unspecified atom stereocenters. The van der Waals surface area contributed by atoms with Gasteiger partial charge in [0.15, 0.2) is 9.84 Å². The Bertz CT molecular complexity index is 658. The first-order chi connectivity index (χ1) is 9.28. The molecule has 0 aliphatic carbocycles. The van der Waals surface area contributed by atoms with E-state index in [1.54, 1.807) is 6.92 Å². The van der Waals surface area contributed by atoms with Crippen molar-refractivity contribution < 1.29 is 17.6 Å². The van der Waals surface area contributed by atoms with E-state index in [2.05, 4.69) is 10.5 Å². The SMILES string of the molecule is C/C(=N/NC(=O)[C@@H]1CCS(=O)(=O)C1)c1cc(C)oc1C. The summed E-state index contributed by atoms with van der Waals surface area (Å²) < 4.78 is 28.0. The van der Waals surface area contributed by atoms with Crippen LogP contribution in [0.2, 0.25) is 0 Å². The molecular formula is C13H18N2O4S. The number of carbonyl (C=O) groups is 1. The second-order valence-corrected chi connectivity index (χ2v) is 7.33. The maximum Gasteiger partial charge on any atom is 0.244 e. The van der Waals surface area contributed by atoms with Gasteiger partial charge in [-0.15, -0.1) is 0 Å². The van der Waals surface area contributed by atoms with Crippen molar-refractivity contribution in [1.82, 2.24) is 5.43 Å². The van der Waals surface area contributed by atoms with Crippen LogP contribution in [0, 0.1) is 19.8 Å². The molecule has 0 radical (unpaired) electrons. The van der Waals surface area contributed by atoms with E-state index in [1.165, 1.54) is 0 Å². The van der Waals surface area contributed by atoms with Gasteiger partial charge in [0.2, 0.25) is 5.91 Å². The maximum absolute atomic E-state index is 11.9. The molecule has 20 heavy (non-hydrogen) atoms. The molecule has 1 atom stereocenters. The molecule has 7 heteroatoms. The first kappa shape index (κ1) is 14.8.